The number of hydrogen-bond acceptors (Lipinski definition) is 4. The van der Waals surface area contributed by atoms with Gasteiger partial charge in [0, 0.05) is 24.0 Å². The second kappa shape index (κ2) is 6.38. The van der Waals surface area contributed by atoms with Gasteiger partial charge >= 0.3 is 0 Å². The first-order valence-corrected chi connectivity index (χ1v) is 9.30. The molecule has 5 heteroatoms. The molecule has 2 aromatic rings. The van der Waals surface area contributed by atoms with Gasteiger partial charge in [-0.2, -0.15) is 0 Å². The van der Waals surface area contributed by atoms with Crippen molar-refractivity contribution in [2.75, 3.05) is 0 Å². The summed E-state index contributed by atoms with van der Waals surface area (Å²) >= 11 is 0. The number of amides is 1. The average Bonchev–Trinajstić information content (AvgIpc) is 3.16. The molecule has 4 atom stereocenters. The number of aromatic nitrogens is 2. The predicted octanol–water partition coefficient (Wildman–Crippen LogP) is 3.47. The van der Waals surface area contributed by atoms with Crippen molar-refractivity contribution in [1.29, 1.82) is 0 Å². The SMILES string of the molecule is Cc1ccc(OC2CC3CC2N(C(=O)c2nc(C)ccc2C)C3C)nc1. The number of carbonyl (C=O) groups excluding carboxylic acids is 1. The minimum absolute atomic E-state index is 0.000437. The molecule has 0 spiro atoms. The van der Waals surface area contributed by atoms with E-state index in [4.69, 9.17) is 4.74 Å². The maximum Gasteiger partial charge on any atom is 0.273 e. The fourth-order valence-corrected chi connectivity index (χ4v) is 4.34. The first kappa shape index (κ1) is 17.0. The maximum atomic E-state index is 13.3. The molecule has 2 aliphatic rings. The summed E-state index contributed by atoms with van der Waals surface area (Å²) in [4.78, 5) is 24.1. The minimum Gasteiger partial charge on any atom is -0.472 e. The molecule has 2 fully saturated rings. The molecule has 0 N–H and O–H groups in total. The van der Waals surface area contributed by atoms with Gasteiger partial charge in [0.15, 0.2) is 0 Å². The van der Waals surface area contributed by atoms with Crippen LogP contribution < -0.4 is 4.74 Å². The third-order valence-electron chi connectivity index (χ3n) is 5.82. The van der Waals surface area contributed by atoms with Gasteiger partial charge in [-0.1, -0.05) is 12.1 Å². The summed E-state index contributed by atoms with van der Waals surface area (Å²) in [6.07, 6.45) is 3.79. The molecule has 4 unspecified atom stereocenters. The number of hydrogen-bond donors (Lipinski definition) is 0. The topological polar surface area (TPSA) is 55.3 Å². The van der Waals surface area contributed by atoms with E-state index in [2.05, 4.69) is 16.9 Å². The normalized spacial score (nSPS) is 27.0. The number of nitrogens with zero attached hydrogens (tertiary/aromatic N) is 3. The molecule has 1 amide bonds. The summed E-state index contributed by atoms with van der Waals surface area (Å²) in [5.74, 6) is 1.14. The van der Waals surface area contributed by atoms with Crippen molar-refractivity contribution in [2.24, 2.45) is 5.92 Å². The Morgan fingerprint density at radius 1 is 1.15 bits per heavy atom. The largest absolute Gasteiger partial charge is 0.472 e. The second-order valence-electron chi connectivity index (χ2n) is 7.70. The first-order valence-electron chi connectivity index (χ1n) is 9.30. The summed E-state index contributed by atoms with van der Waals surface area (Å²) < 4.78 is 6.16. The van der Waals surface area contributed by atoms with E-state index in [1.54, 1.807) is 0 Å². The number of rotatable bonds is 3. The minimum atomic E-state index is 0.000437. The summed E-state index contributed by atoms with van der Waals surface area (Å²) in [7, 11) is 0. The molecule has 3 heterocycles. The Hall–Kier alpha value is -2.43. The van der Waals surface area contributed by atoms with Gasteiger partial charge < -0.3 is 9.64 Å². The van der Waals surface area contributed by atoms with E-state index in [1.165, 1.54) is 0 Å². The van der Waals surface area contributed by atoms with Crippen molar-refractivity contribution < 1.29 is 9.53 Å². The summed E-state index contributed by atoms with van der Waals surface area (Å²) in [6, 6.07) is 8.14. The van der Waals surface area contributed by atoms with Gasteiger partial charge in [-0.15, -0.1) is 0 Å². The Bertz CT molecular complexity index is 834. The van der Waals surface area contributed by atoms with Gasteiger partial charge in [-0.3, -0.25) is 4.79 Å². The maximum absolute atomic E-state index is 13.3. The van der Waals surface area contributed by atoms with E-state index < -0.39 is 0 Å². The fraction of sp³-hybridized carbons (Fsp3) is 0.476. The highest BCUT2D eigenvalue weighted by Crippen LogP contribution is 2.44. The zero-order valence-electron chi connectivity index (χ0n) is 15.8. The van der Waals surface area contributed by atoms with Gasteiger partial charge in [0.1, 0.15) is 11.8 Å². The van der Waals surface area contributed by atoms with Crippen molar-refractivity contribution in [3.05, 3.63) is 53.0 Å². The van der Waals surface area contributed by atoms with Gasteiger partial charge in [-0.25, -0.2) is 9.97 Å². The predicted molar refractivity (Wildman–Crippen MR) is 99.2 cm³/mol. The van der Waals surface area contributed by atoms with Gasteiger partial charge in [0.2, 0.25) is 5.88 Å². The van der Waals surface area contributed by atoms with Crippen LogP contribution in [0.15, 0.2) is 30.5 Å². The number of carbonyl (C=O) groups is 1. The molecule has 2 bridgehead atoms. The lowest BCUT2D eigenvalue weighted by atomic mass is 9.98. The average molecular weight is 351 g/mol. The highest BCUT2D eigenvalue weighted by Gasteiger charge is 2.53. The standard InChI is InChI=1S/C21H25N3O2/c1-12-5-8-19(22-11-12)26-18-10-16-9-17(18)24(15(16)4)21(25)20-13(2)6-7-14(3)23-20/h5-8,11,15-18H,9-10H2,1-4H3. The quantitative estimate of drug-likeness (QED) is 0.850. The number of fused-ring (bicyclic) bond motifs is 2. The van der Waals surface area contributed by atoms with Crippen LogP contribution in [-0.4, -0.2) is 39.0 Å². The highest BCUT2D eigenvalue weighted by atomic mass is 16.5. The van der Waals surface area contributed by atoms with Crippen LogP contribution in [0.4, 0.5) is 0 Å². The van der Waals surface area contributed by atoms with Gasteiger partial charge in [-0.05, 0) is 63.6 Å². The van der Waals surface area contributed by atoms with E-state index in [0.717, 1.165) is 29.7 Å². The molecule has 1 aliphatic heterocycles. The summed E-state index contributed by atoms with van der Waals surface area (Å²) in [5, 5.41) is 0. The summed E-state index contributed by atoms with van der Waals surface area (Å²) in [6.45, 7) is 8.02. The molecule has 0 radical (unpaired) electrons. The lowest BCUT2D eigenvalue weighted by Gasteiger charge is -2.37. The third-order valence-corrected chi connectivity index (χ3v) is 5.82. The smallest absolute Gasteiger partial charge is 0.273 e. The lowest BCUT2D eigenvalue weighted by molar-refractivity contribution is 0.0308. The number of likely N-dealkylation sites (tertiary alicyclic amines) is 1. The Morgan fingerprint density at radius 2 is 1.96 bits per heavy atom. The van der Waals surface area contributed by atoms with Crippen LogP contribution in [0.3, 0.4) is 0 Å². The van der Waals surface area contributed by atoms with Crippen molar-refractivity contribution in [3.8, 4) is 5.88 Å². The number of pyridine rings is 2. The Morgan fingerprint density at radius 3 is 2.65 bits per heavy atom. The lowest BCUT2D eigenvalue weighted by Crippen LogP contribution is -2.51. The molecular weight excluding hydrogens is 326 g/mol. The molecule has 0 aromatic carbocycles. The molecular formula is C21H25N3O2. The van der Waals surface area contributed by atoms with Crippen molar-refractivity contribution in [3.63, 3.8) is 0 Å². The van der Waals surface area contributed by atoms with Gasteiger partial charge in [0.05, 0.1) is 6.04 Å². The van der Waals surface area contributed by atoms with Crippen LogP contribution in [0.25, 0.3) is 0 Å². The zero-order chi connectivity index (χ0) is 18.4. The Labute approximate surface area is 154 Å². The highest BCUT2D eigenvalue weighted by molar-refractivity contribution is 5.94. The van der Waals surface area contributed by atoms with Crippen LogP contribution in [0.1, 0.15) is 47.1 Å². The molecule has 5 nitrogen and oxygen atoms in total. The van der Waals surface area contributed by atoms with Crippen molar-refractivity contribution in [2.45, 2.75) is 58.7 Å². The van der Waals surface area contributed by atoms with E-state index >= 15 is 0 Å². The Kier molecular flexibility index (Phi) is 4.17. The van der Waals surface area contributed by atoms with Crippen LogP contribution in [0, 0.1) is 26.7 Å². The molecule has 136 valence electrons. The molecule has 2 aromatic heterocycles. The van der Waals surface area contributed by atoms with Crippen molar-refractivity contribution >= 4 is 5.91 Å². The number of aryl methyl sites for hydroxylation is 3. The van der Waals surface area contributed by atoms with Crippen LogP contribution in [0.5, 0.6) is 5.88 Å². The van der Waals surface area contributed by atoms with Gasteiger partial charge in [0.25, 0.3) is 5.91 Å². The number of ether oxygens (including phenoxy) is 1. The molecule has 1 aliphatic carbocycles. The van der Waals surface area contributed by atoms with E-state index in [9.17, 15) is 4.79 Å². The zero-order valence-corrected chi connectivity index (χ0v) is 15.8. The fourth-order valence-electron chi connectivity index (χ4n) is 4.34. The molecule has 4 rings (SSSR count). The second-order valence-corrected chi connectivity index (χ2v) is 7.70. The molecule has 26 heavy (non-hydrogen) atoms. The number of piperidine rings is 1. The Balaban J connectivity index is 1.57. The van der Waals surface area contributed by atoms with E-state index in [-0.39, 0.29) is 24.1 Å². The van der Waals surface area contributed by atoms with Crippen LogP contribution in [0.2, 0.25) is 0 Å². The summed E-state index contributed by atoms with van der Waals surface area (Å²) in [5.41, 5.74) is 3.47. The molecule has 1 saturated heterocycles. The molecule has 1 saturated carbocycles. The van der Waals surface area contributed by atoms with E-state index in [1.807, 2.05) is 56.1 Å². The van der Waals surface area contributed by atoms with Crippen LogP contribution in [-0.2, 0) is 0 Å². The van der Waals surface area contributed by atoms with Crippen LogP contribution >= 0.6 is 0 Å². The van der Waals surface area contributed by atoms with Crippen molar-refractivity contribution in [1.82, 2.24) is 14.9 Å². The first-order chi connectivity index (χ1) is 12.4. The monoisotopic (exact) mass is 351 g/mol. The third kappa shape index (κ3) is 2.85. The van der Waals surface area contributed by atoms with E-state index in [0.29, 0.717) is 17.5 Å².